The zero-order valence-corrected chi connectivity index (χ0v) is 20.9. The Morgan fingerprint density at radius 3 is 2.44 bits per heavy atom. The third kappa shape index (κ3) is 3.59. The molecule has 0 amide bonds. The number of thiazole rings is 1. The smallest absolute Gasteiger partial charge is 0.277 e. The third-order valence-corrected chi connectivity index (χ3v) is 7.43. The molecule has 3 aromatic heterocycles. The van der Waals surface area contributed by atoms with E-state index in [4.69, 9.17) is 0 Å². The van der Waals surface area contributed by atoms with Gasteiger partial charge in [0.2, 0.25) is 4.96 Å². The number of hydrogen-bond acceptors (Lipinski definition) is 4. The number of hydrogen-bond donors (Lipinski definition) is 0. The molecule has 5 rings (SSSR count). The van der Waals surface area contributed by atoms with Crippen molar-refractivity contribution in [1.29, 1.82) is 0 Å². The number of aromatic nitrogens is 3. The van der Waals surface area contributed by atoms with Crippen molar-refractivity contribution in [3.8, 4) is 0 Å². The van der Waals surface area contributed by atoms with E-state index in [1.54, 1.807) is 0 Å². The fourth-order valence-electron chi connectivity index (χ4n) is 4.78. The van der Waals surface area contributed by atoms with Crippen molar-refractivity contribution in [2.75, 3.05) is 0 Å². The Morgan fingerprint density at radius 1 is 1.00 bits per heavy atom. The molecule has 0 radical (unpaired) electrons. The highest BCUT2D eigenvalue weighted by molar-refractivity contribution is 7.15. The molecule has 0 bridgehead atoms. The van der Waals surface area contributed by atoms with Gasteiger partial charge in [-0.1, -0.05) is 67.1 Å². The molecule has 0 N–H and O–H groups in total. The second-order valence-corrected chi connectivity index (χ2v) is 10.2. The minimum Gasteiger partial charge on any atom is -0.340 e. The van der Waals surface area contributed by atoms with Crippen LogP contribution in [-0.4, -0.2) is 14.0 Å². The Bertz CT molecular complexity index is 1720. The van der Waals surface area contributed by atoms with Crippen molar-refractivity contribution in [3.63, 3.8) is 0 Å². The third-order valence-electron chi connectivity index (χ3n) is 6.46. The lowest BCUT2D eigenvalue weighted by Gasteiger charge is -2.08. The fourth-order valence-corrected chi connectivity index (χ4v) is 5.77. The van der Waals surface area contributed by atoms with Crippen LogP contribution in [-0.2, 0) is 6.54 Å². The molecular weight excluding hydrogens is 442 g/mol. The number of nitrogens with zero attached hydrogens (tertiary/aromatic N) is 3. The predicted molar refractivity (Wildman–Crippen MR) is 140 cm³/mol. The number of fused-ring (bicyclic) bond motifs is 2. The topological polar surface area (TPSA) is 56.4 Å². The summed E-state index contributed by atoms with van der Waals surface area (Å²) in [4.78, 5) is 31.5. The van der Waals surface area contributed by atoms with E-state index in [2.05, 4.69) is 53.7 Å². The van der Waals surface area contributed by atoms with Crippen molar-refractivity contribution in [2.24, 2.45) is 0 Å². The van der Waals surface area contributed by atoms with Crippen LogP contribution in [0.5, 0.6) is 0 Å². The molecule has 0 fully saturated rings. The lowest BCUT2D eigenvalue weighted by Crippen LogP contribution is -2.33. The Morgan fingerprint density at radius 2 is 1.74 bits per heavy atom. The van der Waals surface area contributed by atoms with Crippen molar-refractivity contribution in [2.45, 2.75) is 47.1 Å². The number of aryl methyl sites for hydroxylation is 2. The molecule has 34 heavy (non-hydrogen) atoms. The molecular formula is C28H27N3O2S. The molecule has 0 aliphatic rings. The van der Waals surface area contributed by atoms with Crippen LogP contribution in [0, 0.1) is 20.8 Å². The standard InChI is InChI=1S/C28H27N3O2S/c1-16(2)25-18(4)29-28-31(27(25)33)26(32)24(34-28)14-21-19(5)30(15-20-9-7-6-8-10-20)23-12-11-17(3)13-22(21)23/h6-14,16H,15H2,1-5H3/b24-14-. The van der Waals surface area contributed by atoms with Gasteiger partial charge >= 0.3 is 0 Å². The summed E-state index contributed by atoms with van der Waals surface area (Å²) in [7, 11) is 0. The van der Waals surface area contributed by atoms with Gasteiger partial charge in [-0.2, -0.15) is 0 Å². The Balaban J connectivity index is 1.78. The molecule has 5 nitrogen and oxygen atoms in total. The molecule has 0 unspecified atom stereocenters. The highest BCUT2D eigenvalue weighted by Gasteiger charge is 2.18. The van der Waals surface area contributed by atoms with E-state index in [1.807, 2.05) is 45.0 Å². The van der Waals surface area contributed by atoms with Crippen LogP contribution < -0.4 is 15.7 Å². The number of benzene rings is 2. The van der Waals surface area contributed by atoms with E-state index in [-0.39, 0.29) is 17.0 Å². The average Bonchev–Trinajstić information content (AvgIpc) is 3.23. The minimum absolute atomic E-state index is 0.00445. The van der Waals surface area contributed by atoms with E-state index < -0.39 is 0 Å². The van der Waals surface area contributed by atoms with Gasteiger partial charge in [0.1, 0.15) is 0 Å². The Kier molecular flexibility index (Phi) is 5.48. The highest BCUT2D eigenvalue weighted by atomic mass is 32.1. The van der Waals surface area contributed by atoms with E-state index in [0.29, 0.717) is 20.8 Å². The first-order chi connectivity index (χ1) is 16.3. The van der Waals surface area contributed by atoms with Crippen molar-refractivity contribution in [3.05, 3.63) is 107 Å². The summed E-state index contributed by atoms with van der Waals surface area (Å²) in [6.45, 7) is 10.7. The van der Waals surface area contributed by atoms with E-state index >= 15 is 0 Å². The van der Waals surface area contributed by atoms with Gasteiger partial charge in [0.05, 0.1) is 4.53 Å². The van der Waals surface area contributed by atoms with Crippen LogP contribution in [0.1, 0.15) is 53.4 Å². The molecule has 0 spiro atoms. The molecule has 6 heteroatoms. The maximum atomic E-state index is 13.3. The molecule has 172 valence electrons. The number of rotatable bonds is 4. The SMILES string of the molecule is Cc1ccc2c(c1)c(/C=c1\sc3nc(C)c(C(C)C)c(=O)n3c1=O)c(C)n2Cc1ccccc1. The average molecular weight is 470 g/mol. The van der Waals surface area contributed by atoms with Crippen molar-refractivity contribution >= 4 is 33.3 Å². The second-order valence-electron chi connectivity index (χ2n) is 9.20. The molecule has 0 saturated heterocycles. The first-order valence-corrected chi connectivity index (χ1v) is 12.3. The van der Waals surface area contributed by atoms with Crippen molar-refractivity contribution < 1.29 is 0 Å². The van der Waals surface area contributed by atoms with E-state index in [0.717, 1.165) is 34.3 Å². The van der Waals surface area contributed by atoms with Gasteiger partial charge in [0.15, 0.2) is 0 Å². The first-order valence-electron chi connectivity index (χ1n) is 11.5. The lowest BCUT2D eigenvalue weighted by molar-refractivity contribution is 0.803. The van der Waals surface area contributed by atoms with Crippen LogP contribution in [0.4, 0.5) is 0 Å². The van der Waals surface area contributed by atoms with Gasteiger partial charge in [-0.3, -0.25) is 9.59 Å². The lowest BCUT2D eigenvalue weighted by atomic mass is 10.0. The fraction of sp³-hybridized carbons (Fsp3) is 0.250. The maximum absolute atomic E-state index is 13.3. The predicted octanol–water partition coefficient (Wildman–Crippen LogP) is 4.72. The molecule has 0 aliphatic carbocycles. The van der Waals surface area contributed by atoms with Crippen LogP contribution in [0.15, 0.2) is 58.1 Å². The molecule has 0 aliphatic heterocycles. The first kappa shape index (κ1) is 22.3. The maximum Gasteiger partial charge on any atom is 0.277 e. The largest absolute Gasteiger partial charge is 0.340 e. The van der Waals surface area contributed by atoms with Gasteiger partial charge < -0.3 is 4.57 Å². The highest BCUT2D eigenvalue weighted by Crippen LogP contribution is 2.28. The van der Waals surface area contributed by atoms with Crippen LogP contribution in [0.25, 0.3) is 21.9 Å². The normalized spacial score (nSPS) is 12.5. The molecule has 5 aromatic rings. The summed E-state index contributed by atoms with van der Waals surface area (Å²) in [6, 6.07) is 16.8. The second kappa shape index (κ2) is 8.37. The summed E-state index contributed by atoms with van der Waals surface area (Å²) in [6.07, 6.45) is 1.93. The van der Waals surface area contributed by atoms with Crippen LogP contribution in [0.3, 0.4) is 0 Å². The Hall–Kier alpha value is -3.51. The van der Waals surface area contributed by atoms with Crippen LogP contribution in [0.2, 0.25) is 0 Å². The zero-order chi connectivity index (χ0) is 24.1. The van der Waals surface area contributed by atoms with E-state index in [9.17, 15) is 9.59 Å². The Labute approximate surface area is 201 Å². The summed E-state index contributed by atoms with van der Waals surface area (Å²) < 4.78 is 4.05. The summed E-state index contributed by atoms with van der Waals surface area (Å²) in [5.74, 6) is 0.00445. The molecule has 3 heterocycles. The summed E-state index contributed by atoms with van der Waals surface area (Å²) in [5.41, 5.74) is 6.34. The zero-order valence-electron chi connectivity index (χ0n) is 20.0. The van der Waals surface area contributed by atoms with Gasteiger partial charge in [-0.15, -0.1) is 0 Å². The molecule has 0 saturated carbocycles. The van der Waals surface area contributed by atoms with Gasteiger partial charge in [-0.25, -0.2) is 9.38 Å². The quantitative estimate of drug-likeness (QED) is 0.383. The van der Waals surface area contributed by atoms with Crippen molar-refractivity contribution in [1.82, 2.24) is 14.0 Å². The van der Waals surface area contributed by atoms with Gasteiger partial charge in [-0.05, 0) is 50.5 Å². The minimum atomic E-state index is -0.296. The summed E-state index contributed by atoms with van der Waals surface area (Å²) >= 11 is 1.28. The monoisotopic (exact) mass is 469 g/mol. The van der Waals surface area contributed by atoms with Crippen LogP contribution >= 0.6 is 11.3 Å². The molecule has 0 atom stereocenters. The van der Waals surface area contributed by atoms with Gasteiger partial charge in [0.25, 0.3) is 11.1 Å². The van der Waals surface area contributed by atoms with E-state index in [1.165, 1.54) is 21.3 Å². The molecule has 2 aromatic carbocycles. The van der Waals surface area contributed by atoms with Gasteiger partial charge in [0, 0.05) is 40.0 Å². The summed E-state index contributed by atoms with van der Waals surface area (Å²) in [5, 5.41) is 1.10.